The Balaban J connectivity index is 0.792. The Labute approximate surface area is 372 Å². The van der Waals surface area contributed by atoms with E-state index >= 15 is 0 Å². The Morgan fingerprint density at radius 1 is 0.698 bits per heavy atom. The molecule has 0 radical (unpaired) electrons. The quantitative estimate of drug-likeness (QED) is 0.0245. The van der Waals surface area contributed by atoms with Crippen LogP contribution in [0.25, 0.3) is 0 Å². The number of benzene rings is 1. The number of unbranched alkanes of at least 4 members (excludes halogenated alkanes) is 1. The van der Waals surface area contributed by atoms with E-state index in [-0.39, 0.29) is 35.5 Å². The van der Waals surface area contributed by atoms with Crippen LogP contribution in [0.5, 0.6) is 0 Å². The molecule has 63 heavy (non-hydrogen) atoms. The number of amides is 4. The van der Waals surface area contributed by atoms with Gasteiger partial charge in [0.2, 0.25) is 5.91 Å². The number of carboxylic acid groups (broad SMARTS) is 1. The molecule has 2 aliphatic heterocycles. The zero-order valence-electron chi connectivity index (χ0n) is 35.8. The van der Waals surface area contributed by atoms with Crippen molar-refractivity contribution < 1.29 is 62.2 Å². The van der Waals surface area contributed by atoms with E-state index in [4.69, 9.17) is 43.0 Å². The second-order valence-corrected chi connectivity index (χ2v) is 15.4. The molecule has 3 atom stereocenters. The standard InChI is InChI=1S/C42H63N7O13S/c50-38(4-2-1-3-36-39-35(31-63-36)47-42(54)48-39)43-11-13-55-15-17-57-19-21-59-23-25-61-27-28-62-26-24-60-22-20-58-18-16-56-14-12-44-40(51)34-9-10-37(45-30-34)49-46-29-32-5-7-33(8-6-32)41(52)53/h5-10,29-30,35-36,39H,1-4,11-28,31H2,(H,43,50)(H,44,51)(H,45,49)(H,52,53)(H2,47,48,54)/b46-29+/t35-,36-,39-/m0/s1. The normalized spacial score (nSPS) is 16.8. The topological polar surface area (TPSA) is 248 Å². The summed E-state index contributed by atoms with van der Waals surface area (Å²) in [6.07, 6.45) is 6.26. The van der Waals surface area contributed by atoms with Gasteiger partial charge in [0.25, 0.3) is 5.91 Å². The van der Waals surface area contributed by atoms with Crippen molar-refractivity contribution in [2.75, 3.05) is 130 Å². The average Bonchev–Trinajstić information content (AvgIpc) is 3.85. The molecule has 3 heterocycles. The van der Waals surface area contributed by atoms with Crippen molar-refractivity contribution in [2.45, 2.75) is 43.0 Å². The number of carbonyl (C=O) groups excluding carboxylic acids is 3. The number of aromatic carboxylic acids is 1. The van der Waals surface area contributed by atoms with Gasteiger partial charge in [-0.1, -0.05) is 18.6 Å². The average molecular weight is 906 g/mol. The Bertz CT molecular complexity index is 1630. The number of carbonyl (C=O) groups is 4. The predicted octanol–water partition coefficient (Wildman–Crippen LogP) is 1.93. The number of hydrogen-bond acceptors (Lipinski definition) is 16. The summed E-state index contributed by atoms with van der Waals surface area (Å²) < 4.78 is 44.0. The zero-order valence-corrected chi connectivity index (χ0v) is 36.6. The maximum Gasteiger partial charge on any atom is 0.335 e. The monoisotopic (exact) mass is 905 g/mol. The molecule has 6 N–H and O–H groups in total. The van der Waals surface area contributed by atoms with Gasteiger partial charge >= 0.3 is 12.0 Å². The van der Waals surface area contributed by atoms with E-state index in [9.17, 15) is 19.2 Å². The lowest BCUT2D eigenvalue weighted by molar-refractivity contribution is -0.121. The van der Waals surface area contributed by atoms with Crippen LogP contribution in [0.4, 0.5) is 10.6 Å². The first kappa shape index (κ1) is 51.2. The van der Waals surface area contributed by atoms with Crippen LogP contribution >= 0.6 is 11.8 Å². The number of carboxylic acids is 1. The van der Waals surface area contributed by atoms with Crippen molar-refractivity contribution in [3.8, 4) is 0 Å². The minimum absolute atomic E-state index is 0.0327. The molecule has 2 fully saturated rings. The summed E-state index contributed by atoms with van der Waals surface area (Å²) in [5.74, 6) is 0.159. The highest BCUT2D eigenvalue weighted by Crippen LogP contribution is 2.33. The SMILES string of the molecule is O=C(CCCC[C@@H]1SC[C@@H]2NC(=O)N[C@@H]21)NCCOCCOCCOCCOCCOCCOCCOCCOCCNC(=O)c1ccc(N/N=C/c2ccc(C(=O)O)cc2)nc1. The molecule has 2 aliphatic rings. The molecule has 2 saturated heterocycles. The van der Waals surface area contributed by atoms with E-state index in [0.717, 1.165) is 30.6 Å². The highest BCUT2D eigenvalue weighted by atomic mass is 32.2. The van der Waals surface area contributed by atoms with Gasteiger partial charge in [-0.2, -0.15) is 16.9 Å². The Morgan fingerprint density at radius 2 is 1.22 bits per heavy atom. The van der Waals surface area contributed by atoms with Crippen molar-refractivity contribution in [2.24, 2.45) is 5.10 Å². The van der Waals surface area contributed by atoms with Gasteiger partial charge in [-0.15, -0.1) is 0 Å². The lowest BCUT2D eigenvalue weighted by Crippen LogP contribution is -2.36. The Morgan fingerprint density at radius 3 is 1.75 bits per heavy atom. The van der Waals surface area contributed by atoms with E-state index < -0.39 is 5.97 Å². The molecular weight excluding hydrogens is 843 g/mol. The van der Waals surface area contributed by atoms with E-state index in [2.05, 4.69) is 36.8 Å². The molecule has 4 amide bonds. The van der Waals surface area contributed by atoms with Crippen LogP contribution in [0.15, 0.2) is 47.7 Å². The van der Waals surface area contributed by atoms with Gasteiger partial charge in [0.1, 0.15) is 5.82 Å². The first-order valence-electron chi connectivity index (χ1n) is 21.3. The van der Waals surface area contributed by atoms with Crippen molar-refractivity contribution in [1.82, 2.24) is 26.3 Å². The lowest BCUT2D eigenvalue weighted by Gasteiger charge is -2.16. The number of nitrogens with one attached hydrogen (secondary N) is 5. The van der Waals surface area contributed by atoms with Crippen LogP contribution in [0.1, 0.15) is 52.0 Å². The summed E-state index contributed by atoms with van der Waals surface area (Å²) in [6, 6.07) is 9.90. The molecule has 4 rings (SSSR count). The van der Waals surface area contributed by atoms with Crippen molar-refractivity contribution >= 4 is 47.6 Å². The molecule has 0 aliphatic carbocycles. The minimum Gasteiger partial charge on any atom is -0.478 e. The molecule has 20 nitrogen and oxygen atoms in total. The predicted molar refractivity (Wildman–Crippen MR) is 235 cm³/mol. The zero-order chi connectivity index (χ0) is 44.6. The van der Waals surface area contributed by atoms with Crippen LogP contribution < -0.4 is 26.7 Å². The van der Waals surface area contributed by atoms with Gasteiger partial charge in [0.15, 0.2) is 0 Å². The minimum atomic E-state index is -0.993. The highest BCUT2D eigenvalue weighted by Gasteiger charge is 2.42. The molecule has 0 unspecified atom stereocenters. The van der Waals surface area contributed by atoms with Crippen molar-refractivity contribution in [3.63, 3.8) is 0 Å². The molecule has 1 aromatic heterocycles. The van der Waals surface area contributed by atoms with Crippen LogP contribution in [0.2, 0.25) is 0 Å². The number of rotatable bonds is 37. The number of fused-ring (bicyclic) bond motifs is 1. The molecule has 21 heteroatoms. The second kappa shape index (κ2) is 32.2. The maximum atomic E-state index is 12.4. The van der Waals surface area contributed by atoms with Gasteiger partial charge in [-0.25, -0.2) is 14.6 Å². The smallest absolute Gasteiger partial charge is 0.335 e. The number of hydrazone groups is 1. The van der Waals surface area contributed by atoms with Gasteiger partial charge < -0.3 is 64.3 Å². The maximum absolute atomic E-state index is 12.4. The summed E-state index contributed by atoms with van der Waals surface area (Å²) in [5.41, 5.74) is 4.07. The number of hydrogen-bond donors (Lipinski definition) is 6. The van der Waals surface area contributed by atoms with Crippen LogP contribution in [0.3, 0.4) is 0 Å². The molecule has 0 spiro atoms. The number of urea groups is 1. The van der Waals surface area contributed by atoms with Gasteiger partial charge in [-0.3, -0.25) is 15.0 Å². The third-order valence-electron chi connectivity index (χ3n) is 9.36. The van der Waals surface area contributed by atoms with E-state index in [1.54, 1.807) is 24.3 Å². The highest BCUT2D eigenvalue weighted by molar-refractivity contribution is 8.00. The second-order valence-electron chi connectivity index (χ2n) is 14.1. The van der Waals surface area contributed by atoms with Crippen LogP contribution in [0, 0.1) is 0 Å². The fourth-order valence-electron chi connectivity index (χ4n) is 6.08. The number of pyridine rings is 1. The number of aromatic nitrogens is 1. The number of ether oxygens (including phenoxy) is 8. The van der Waals surface area contributed by atoms with Crippen molar-refractivity contribution in [3.05, 3.63) is 59.3 Å². The lowest BCUT2D eigenvalue weighted by atomic mass is 10.0. The largest absolute Gasteiger partial charge is 0.478 e. The van der Waals surface area contributed by atoms with Gasteiger partial charge in [0, 0.05) is 36.7 Å². The first-order chi connectivity index (χ1) is 30.9. The summed E-state index contributed by atoms with van der Waals surface area (Å²) in [6.45, 7) is 7.78. The molecule has 0 saturated carbocycles. The van der Waals surface area contributed by atoms with Gasteiger partial charge in [0.05, 0.1) is 135 Å². The molecule has 1 aromatic carbocycles. The van der Waals surface area contributed by atoms with Crippen LogP contribution in [-0.2, 0) is 42.7 Å². The third-order valence-corrected chi connectivity index (χ3v) is 10.9. The molecule has 0 bridgehead atoms. The summed E-state index contributed by atoms with van der Waals surface area (Å²) in [7, 11) is 0. The van der Waals surface area contributed by atoms with Crippen LogP contribution in [-0.4, -0.2) is 182 Å². The first-order valence-corrected chi connectivity index (χ1v) is 22.4. The molecule has 2 aromatic rings. The van der Waals surface area contributed by atoms with Crippen molar-refractivity contribution in [1.29, 1.82) is 0 Å². The molecule has 350 valence electrons. The van der Waals surface area contributed by atoms with E-state index in [1.807, 2.05) is 11.8 Å². The summed E-state index contributed by atoms with van der Waals surface area (Å²) in [4.78, 5) is 51.0. The molecular formula is C42H63N7O13S. The Kier molecular flexibility index (Phi) is 26.2. The number of nitrogens with zero attached hydrogens (tertiary/aromatic N) is 2. The third kappa shape index (κ3) is 22.6. The number of anilines is 1. The van der Waals surface area contributed by atoms with E-state index in [0.29, 0.717) is 142 Å². The fourth-order valence-corrected chi connectivity index (χ4v) is 7.63. The summed E-state index contributed by atoms with van der Waals surface area (Å²) >= 11 is 1.89. The summed E-state index contributed by atoms with van der Waals surface area (Å²) in [5, 5.41) is 25.1. The van der Waals surface area contributed by atoms with Gasteiger partial charge in [-0.05, 0) is 42.7 Å². The Hall–Kier alpha value is -4.45. The van der Waals surface area contributed by atoms with E-state index in [1.165, 1.54) is 24.5 Å². The number of thioether (sulfide) groups is 1. The fraction of sp³-hybridized carbons (Fsp3) is 0.619.